The zero-order valence-corrected chi connectivity index (χ0v) is 19.2. The molecule has 8 nitrogen and oxygen atoms in total. The summed E-state index contributed by atoms with van der Waals surface area (Å²) in [5.74, 6) is -1.00. The molecule has 4 aromatic rings. The van der Waals surface area contributed by atoms with E-state index in [1.54, 1.807) is 35.6 Å². The molecule has 0 fully saturated rings. The van der Waals surface area contributed by atoms with Crippen molar-refractivity contribution in [2.75, 3.05) is 7.11 Å². The number of aliphatic carboxylic acids is 1. The van der Waals surface area contributed by atoms with E-state index in [2.05, 4.69) is 20.4 Å². The lowest BCUT2D eigenvalue weighted by molar-refractivity contribution is -0.148. The number of carboxylic acid groups (broad SMARTS) is 1. The number of nitrogens with zero attached hydrogens (tertiary/aromatic N) is 4. The maximum Gasteiger partial charge on any atom is 0.337 e. The Morgan fingerprint density at radius 2 is 1.34 bits per heavy atom. The van der Waals surface area contributed by atoms with Gasteiger partial charge in [0.1, 0.15) is 26.3 Å². The van der Waals surface area contributed by atoms with Gasteiger partial charge in [-0.3, -0.25) is 4.79 Å². The highest BCUT2D eigenvalue weighted by Crippen LogP contribution is 2.26. The molecule has 0 aliphatic carbocycles. The molecule has 0 saturated heterocycles. The van der Waals surface area contributed by atoms with Crippen LogP contribution in [0.5, 0.6) is 0 Å². The third kappa shape index (κ3) is 5.88. The first kappa shape index (κ1) is 23.3. The Morgan fingerprint density at radius 3 is 1.69 bits per heavy atom. The van der Waals surface area contributed by atoms with E-state index in [0.29, 0.717) is 11.1 Å². The lowest BCUT2D eigenvalue weighted by Gasteiger charge is -2.10. The van der Waals surface area contributed by atoms with Crippen molar-refractivity contribution >= 4 is 34.9 Å². The number of hydrogen-bond acceptors (Lipinski definition) is 9. The molecule has 2 heterocycles. The van der Waals surface area contributed by atoms with Crippen molar-refractivity contribution in [1.29, 1.82) is 0 Å². The number of aryl methyl sites for hydroxylation is 2. The fourth-order valence-corrected chi connectivity index (χ4v) is 4.10. The Kier molecular flexibility index (Phi) is 7.87. The van der Waals surface area contributed by atoms with E-state index in [9.17, 15) is 9.59 Å². The van der Waals surface area contributed by atoms with E-state index < -0.39 is 12.1 Å². The maximum absolute atomic E-state index is 10.9. The first-order valence-corrected chi connectivity index (χ1v) is 11.1. The normalized spacial score (nSPS) is 11.3. The predicted molar refractivity (Wildman–Crippen MR) is 123 cm³/mol. The summed E-state index contributed by atoms with van der Waals surface area (Å²) in [5.41, 5.74) is 3.20. The second kappa shape index (κ2) is 10.8. The van der Waals surface area contributed by atoms with E-state index in [1.165, 1.54) is 18.4 Å². The smallest absolute Gasteiger partial charge is 0.337 e. The second-order valence-corrected chi connectivity index (χ2v) is 8.93. The molecule has 0 aliphatic rings. The molecule has 1 atom stereocenters. The monoisotopic (exact) mass is 468 g/mol. The van der Waals surface area contributed by atoms with Crippen LogP contribution in [0.1, 0.15) is 32.0 Å². The van der Waals surface area contributed by atoms with Crippen molar-refractivity contribution < 1.29 is 19.4 Å². The molecule has 1 unspecified atom stereocenters. The molecular formula is C22H20N4O4S2. The van der Waals surface area contributed by atoms with Crippen LogP contribution in [-0.2, 0) is 9.53 Å². The van der Waals surface area contributed by atoms with Gasteiger partial charge in [-0.1, -0.05) is 71.2 Å². The van der Waals surface area contributed by atoms with Crippen LogP contribution in [0.3, 0.4) is 0 Å². The highest BCUT2D eigenvalue weighted by atomic mass is 32.1. The molecule has 164 valence electrons. The van der Waals surface area contributed by atoms with Crippen LogP contribution in [0, 0.1) is 13.8 Å². The average Bonchev–Trinajstić information content (AvgIpc) is 3.43. The van der Waals surface area contributed by atoms with Crippen LogP contribution in [0.25, 0.3) is 21.1 Å². The fourth-order valence-electron chi connectivity index (χ4n) is 2.71. The standard InChI is InChI=1S/C12H12N2O3S.C10H8N2OS/c1-7-13-14-11(18-7)9-5-3-8(4-6-9)10(17-2)12(15)16;1-7-11-12-10(14-7)9-4-2-8(6-13)3-5-9/h3-6,10H,1-2H3,(H,15,16);2-6H,1H3. The van der Waals surface area contributed by atoms with Gasteiger partial charge in [0.15, 0.2) is 6.10 Å². The van der Waals surface area contributed by atoms with Crippen molar-refractivity contribution in [2.24, 2.45) is 0 Å². The largest absolute Gasteiger partial charge is 0.479 e. The summed E-state index contributed by atoms with van der Waals surface area (Å²) >= 11 is 3.04. The van der Waals surface area contributed by atoms with Gasteiger partial charge in [0.05, 0.1) is 0 Å². The summed E-state index contributed by atoms with van der Waals surface area (Å²) in [4.78, 5) is 21.4. The van der Waals surface area contributed by atoms with Crippen molar-refractivity contribution in [3.8, 4) is 21.1 Å². The van der Waals surface area contributed by atoms with Gasteiger partial charge in [-0.2, -0.15) is 0 Å². The van der Waals surface area contributed by atoms with Crippen molar-refractivity contribution in [3.63, 3.8) is 0 Å². The zero-order valence-electron chi connectivity index (χ0n) is 17.6. The summed E-state index contributed by atoms with van der Waals surface area (Å²) < 4.78 is 4.92. The Hall–Kier alpha value is -3.34. The van der Waals surface area contributed by atoms with Crippen LogP contribution in [0.4, 0.5) is 0 Å². The van der Waals surface area contributed by atoms with Gasteiger partial charge in [-0.05, 0) is 19.4 Å². The number of ether oxygens (including phenoxy) is 1. The molecule has 0 aliphatic heterocycles. The third-order valence-electron chi connectivity index (χ3n) is 4.27. The SMILES string of the molecule is COC(C(=O)O)c1ccc(-c2nnc(C)s2)cc1.Cc1nnc(-c2ccc(C=O)cc2)s1. The molecular weight excluding hydrogens is 448 g/mol. The fraction of sp³-hybridized carbons (Fsp3) is 0.182. The Morgan fingerprint density at radius 1 is 0.875 bits per heavy atom. The minimum Gasteiger partial charge on any atom is -0.479 e. The van der Waals surface area contributed by atoms with E-state index >= 15 is 0 Å². The predicted octanol–water partition coefficient (Wildman–Crippen LogP) is 4.61. The average molecular weight is 469 g/mol. The van der Waals surface area contributed by atoms with Crippen LogP contribution >= 0.6 is 22.7 Å². The van der Waals surface area contributed by atoms with Crippen molar-refractivity contribution in [1.82, 2.24) is 20.4 Å². The highest BCUT2D eigenvalue weighted by molar-refractivity contribution is 7.14. The molecule has 0 radical (unpaired) electrons. The van der Waals surface area contributed by atoms with Gasteiger partial charge in [0, 0.05) is 23.8 Å². The van der Waals surface area contributed by atoms with E-state index in [4.69, 9.17) is 9.84 Å². The van der Waals surface area contributed by atoms with Crippen LogP contribution < -0.4 is 0 Å². The van der Waals surface area contributed by atoms with Crippen molar-refractivity contribution in [2.45, 2.75) is 20.0 Å². The number of hydrogen-bond donors (Lipinski definition) is 1. The number of carbonyl (C=O) groups excluding carboxylic acids is 1. The molecule has 0 saturated carbocycles. The molecule has 1 N–H and O–H groups in total. The van der Waals surface area contributed by atoms with E-state index in [0.717, 1.165) is 37.4 Å². The quantitative estimate of drug-likeness (QED) is 0.408. The van der Waals surface area contributed by atoms with Gasteiger partial charge in [0.2, 0.25) is 0 Å². The minimum atomic E-state index is -1.00. The molecule has 4 rings (SSSR count). The Balaban J connectivity index is 0.000000186. The van der Waals surface area contributed by atoms with E-state index in [-0.39, 0.29) is 0 Å². The number of aromatic nitrogens is 4. The minimum absolute atomic E-state index is 0.606. The number of benzene rings is 2. The summed E-state index contributed by atoms with van der Waals surface area (Å²) in [6, 6.07) is 14.4. The highest BCUT2D eigenvalue weighted by Gasteiger charge is 2.18. The lowest BCUT2D eigenvalue weighted by Crippen LogP contribution is -2.13. The van der Waals surface area contributed by atoms with Crippen molar-refractivity contribution in [3.05, 3.63) is 69.7 Å². The maximum atomic E-state index is 10.9. The number of aldehydes is 1. The first-order valence-electron chi connectivity index (χ1n) is 9.43. The van der Waals surface area contributed by atoms with Gasteiger partial charge in [-0.25, -0.2) is 4.79 Å². The zero-order chi connectivity index (χ0) is 23.1. The molecule has 32 heavy (non-hydrogen) atoms. The van der Waals surface area contributed by atoms with Gasteiger partial charge < -0.3 is 9.84 Å². The van der Waals surface area contributed by atoms with Gasteiger partial charge >= 0.3 is 5.97 Å². The number of carbonyl (C=O) groups is 2. The number of methoxy groups -OCH3 is 1. The van der Waals surface area contributed by atoms with Crippen LogP contribution in [-0.4, -0.2) is 44.9 Å². The summed E-state index contributed by atoms with van der Waals surface area (Å²) in [7, 11) is 1.38. The summed E-state index contributed by atoms with van der Waals surface area (Å²) in [5, 5.41) is 28.5. The van der Waals surface area contributed by atoms with Gasteiger partial charge in [-0.15, -0.1) is 20.4 Å². The number of carboxylic acids is 1. The summed E-state index contributed by atoms with van der Waals surface area (Å²) in [6.45, 7) is 3.81. The molecule has 2 aromatic heterocycles. The molecule has 0 bridgehead atoms. The molecule has 2 aromatic carbocycles. The lowest BCUT2D eigenvalue weighted by atomic mass is 10.1. The van der Waals surface area contributed by atoms with Gasteiger partial charge in [0.25, 0.3) is 0 Å². The third-order valence-corrected chi connectivity index (χ3v) is 6.04. The summed E-state index contributed by atoms with van der Waals surface area (Å²) in [6.07, 6.45) is -0.106. The van der Waals surface area contributed by atoms with Crippen LogP contribution in [0.15, 0.2) is 48.5 Å². The topological polar surface area (TPSA) is 115 Å². The first-order chi connectivity index (χ1) is 15.4. The Bertz CT molecular complexity index is 1190. The molecule has 0 amide bonds. The Labute approximate surface area is 192 Å². The molecule has 10 heteroatoms. The number of rotatable bonds is 6. The molecule has 0 spiro atoms. The second-order valence-electron chi connectivity index (χ2n) is 6.57. The van der Waals surface area contributed by atoms with E-state index in [1.807, 2.05) is 38.1 Å². The van der Waals surface area contributed by atoms with Crippen LogP contribution in [0.2, 0.25) is 0 Å².